The Morgan fingerprint density at radius 1 is 1.12 bits per heavy atom. The van der Waals surface area contributed by atoms with Gasteiger partial charge >= 0.3 is 0 Å². The zero-order valence-corrected chi connectivity index (χ0v) is 10.8. The van der Waals surface area contributed by atoms with Crippen molar-refractivity contribution in [1.82, 2.24) is 10.6 Å². The minimum absolute atomic E-state index is 0.00455. The molecule has 0 aromatic rings. The van der Waals surface area contributed by atoms with Crippen LogP contribution < -0.4 is 10.6 Å². The van der Waals surface area contributed by atoms with E-state index < -0.39 is 0 Å². The Balaban J connectivity index is 3.38. The number of rotatable bonds is 8. The Kier molecular flexibility index (Phi) is 9.00. The summed E-state index contributed by atoms with van der Waals surface area (Å²) < 4.78 is 0. The lowest BCUT2D eigenvalue weighted by atomic mass is 10.2. The van der Waals surface area contributed by atoms with Crippen LogP contribution in [0.2, 0.25) is 0 Å². The molecular weight excluding hydrogens is 228 g/mol. The van der Waals surface area contributed by atoms with E-state index in [1.165, 1.54) is 0 Å². The van der Waals surface area contributed by atoms with Gasteiger partial charge in [-0.05, 0) is 26.7 Å². The molecule has 4 nitrogen and oxygen atoms in total. The normalized spacial score (nSPS) is 10.2. The maximum Gasteiger partial charge on any atom is 0.220 e. The molecule has 2 amide bonds. The Hall–Kier alpha value is -0.770. The van der Waals surface area contributed by atoms with Gasteiger partial charge in [-0.1, -0.05) is 0 Å². The first-order valence-electron chi connectivity index (χ1n) is 5.68. The highest BCUT2D eigenvalue weighted by molar-refractivity contribution is 6.17. The maximum atomic E-state index is 11.2. The molecule has 0 aromatic carbocycles. The summed E-state index contributed by atoms with van der Waals surface area (Å²) in [5.41, 5.74) is 0. The zero-order chi connectivity index (χ0) is 12.4. The quantitative estimate of drug-likeness (QED) is 0.504. The third-order valence-corrected chi connectivity index (χ3v) is 2.16. The summed E-state index contributed by atoms with van der Waals surface area (Å²) in [4.78, 5) is 22.4. The van der Waals surface area contributed by atoms with E-state index in [1.54, 1.807) is 0 Å². The van der Waals surface area contributed by atoms with Gasteiger partial charge in [0, 0.05) is 31.3 Å². The van der Waals surface area contributed by atoms with Crippen LogP contribution in [0.15, 0.2) is 0 Å². The second kappa shape index (κ2) is 9.46. The maximum absolute atomic E-state index is 11.2. The number of hydrogen-bond acceptors (Lipinski definition) is 2. The first-order chi connectivity index (χ1) is 7.56. The van der Waals surface area contributed by atoms with Crippen LogP contribution in [0.25, 0.3) is 0 Å². The summed E-state index contributed by atoms with van der Waals surface area (Å²) in [6.45, 7) is 4.39. The van der Waals surface area contributed by atoms with E-state index in [2.05, 4.69) is 10.6 Å². The molecule has 94 valence electrons. The van der Waals surface area contributed by atoms with Gasteiger partial charge in [0.25, 0.3) is 0 Å². The third-order valence-electron chi connectivity index (χ3n) is 1.89. The van der Waals surface area contributed by atoms with Crippen molar-refractivity contribution in [1.29, 1.82) is 0 Å². The molecule has 0 aliphatic rings. The number of nitrogens with one attached hydrogen (secondary N) is 2. The number of carbonyl (C=O) groups excluding carboxylic acids is 2. The topological polar surface area (TPSA) is 58.2 Å². The van der Waals surface area contributed by atoms with Crippen molar-refractivity contribution in [2.24, 2.45) is 0 Å². The van der Waals surface area contributed by atoms with Crippen LogP contribution in [0.3, 0.4) is 0 Å². The predicted octanol–water partition coefficient (Wildman–Crippen LogP) is 1.43. The summed E-state index contributed by atoms with van der Waals surface area (Å²) >= 11 is 5.46. The molecule has 0 saturated carbocycles. The van der Waals surface area contributed by atoms with Crippen LogP contribution in [0.1, 0.15) is 39.5 Å². The molecule has 0 saturated heterocycles. The summed E-state index contributed by atoms with van der Waals surface area (Å²) in [6.07, 6.45) is 2.28. The molecule has 0 aliphatic heterocycles. The van der Waals surface area contributed by atoms with E-state index in [-0.39, 0.29) is 17.9 Å². The Morgan fingerprint density at radius 3 is 2.31 bits per heavy atom. The van der Waals surface area contributed by atoms with Gasteiger partial charge in [-0.25, -0.2) is 0 Å². The third kappa shape index (κ3) is 9.77. The molecule has 0 radical (unpaired) electrons. The number of halogens is 1. The van der Waals surface area contributed by atoms with Crippen LogP contribution in [0.4, 0.5) is 0 Å². The Labute approximate surface area is 102 Å². The van der Waals surface area contributed by atoms with Crippen molar-refractivity contribution < 1.29 is 9.59 Å². The molecule has 5 heteroatoms. The standard InChI is InChI=1S/C11H21ClN2O2/c1-9(2)14-11(16)6-4-8-13-10(15)5-3-7-12/h9H,3-8H2,1-2H3,(H,13,15)(H,14,16). The van der Waals surface area contributed by atoms with Crippen molar-refractivity contribution in [2.75, 3.05) is 12.4 Å². The van der Waals surface area contributed by atoms with Gasteiger partial charge in [0.05, 0.1) is 0 Å². The molecule has 0 bridgehead atoms. The molecule has 0 aliphatic carbocycles. The smallest absolute Gasteiger partial charge is 0.220 e. The van der Waals surface area contributed by atoms with Gasteiger partial charge in [0.2, 0.25) is 11.8 Å². The monoisotopic (exact) mass is 248 g/mol. The minimum atomic E-state index is 0.00455. The largest absolute Gasteiger partial charge is 0.356 e. The zero-order valence-electron chi connectivity index (χ0n) is 10.0. The molecule has 0 spiro atoms. The molecule has 2 N–H and O–H groups in total. The van der Waals surface area contributed by atoms with Crippen molar-refractivity contribution in [3.05, 3.63) is 0 Å². The highest BCUT2D eigenvalue weighted by Crippen LogP contribution is 1.93. The van der Waals surface area contributed by atoms with Crippen LogP contribution >= 0.6 is 11.6 Å². The van der Waals surface area contributed by atoms with Gasteiger partial charge in [-0.2, -0.15) is 0 Å². The molecule has 0 aromatic heterocycles. The first-order valence-corrected chi connectivity index (χ1v) is 6.21. The van der Waals surface area contributed by atoms with Gasteiger partial charge in [0.1, 0.15) is 0 Å². The van der Waals surface area contributed by atoms with Crippen molar-refractivity contribution in [2.45, 2.75) is 45.6 Å². The Morgan fingerprint density at radius 2 is 1.75 bits per heavy atom. The fourth-order valence-corrected chi connectivity index (χ4v) is 1.32. The summed E-state index contributed by atoms with van der Waals surface area (Å²) in [6, 6.07) is 0.172. The van der Waals surface area contributed by atoms with Gasteiger partial charge in [-0.15, -0.1) is 11.6 Å². The lowest BCUT2D eigenvalue weighted by molar-refractivity contribution is -0.123. The van der Waals surface area contributed by atoms with Crippen LogP contribution in [-0.2, 0) is 9.59 Å². The van der Waals surface area contributed by atoms with Crippen molar-refractivity contribution in [3.8, 4) is 0 Å². The minimum Gasteiger partial charge on any atom is -0.356 e. The van der Waals surface area contributed by atoms with E-state index in [9.17, 15) is 9.59 Å². The van der Waals surface area contributed by atoms with E-state index in [0.717, 1.165) is 0 Å². The average molecular weight is 249 g/mol. The average Bonchev–Trinajstić information content (AvgIpc) is 2.20. The van der Waals surface area contributed by atoms with Crippen molar-refractivity contribution in [3.63, 3.8) is 0 Å². The number of hydrogen-bond donors (Lipinski definition) is 2. The summed E-state index contributed by atoms with van der Waals surface area (Å²) in [5, 5.41) is 5.54. The van der Waals surface area contributed by atoms with E-state index in [0.29, 0.717) is 38.1 Å². The fraction of sp³-hybridized carbons (Fsp3) is 0.818. The highest BCUT2D eigenvalue weighted by atomic mass is 35.5. The molecular formula is C11H21ClN2O2. The second-order valence-electron chi connectivity index (χ2n) is 3.97. The predicted molar refractivity (Wildman–Crippen MR) is 65.5 cm³/mol. The molecule has 0 unspecified atom stereocenters. The fourth-order valence-electron chi connectivity index (χ4n) is 1.19. The number of amides is 2. The lowest BCUT2D eigenvalue weighted by Gasteiger charge is -2.08. The van der Waals surface area contributed by atoms with Gasteiger partial charge in [0.15, 0.2) is 0 Å². The molecule has 0 heterocycles. The summed E-state index contributed by atoms with van der Waals surface area (Å²) in [5.74, 6) is 0.541. The number of carbonyl (C=O) groups is 2. The SMILES string of the molecule is CC(C)NC(=O)CCCNC(=O)CCCCl. The Bertz CT molecular complexity index is 220. The first kappa shape index (κ1) is 15.2. The van der Waals surface area contributed by atoms with Crippen LogP contribution in [0.5, 0.6) is 0 Å². The lowest BCUT2D eigenvalue weighted by Crippen LogP contribution is -2.31. The second-order valence-corrected chi connectivity index (χ2v) is 4.35. The molecule has 0 atom stereocenters. The van der Waals surface area contributed by atoms with Crippen LogP contribution in [0, 0.1) is 0 Å². The summed E-state index contributed by atoms with van der Waals surface area (Å²) in [7, 11) is 0. The molecule has 0 rings (SSSR count). The molecule has 16 heavy (non-hydrogen) atoms. The van der Waals surface area contributed by atoms with Gasteiger partial charge < -0.3 is 10.6 Å². The van der Waals surface area contributed by atoms with E-state index in [1.807, 2.05) is 13.8 Å². The van der Waals surface area contributed by atoms with E-state index in [4.69, 9.17) is 11.6 Å². The van der Waals surface area contributed by atoms with E-state index >= 15 is 0 Å². The van der Waals surface area contributed by atoms with Crippen LogP contribution in [-0.4, -0.2) is 30.3 Å². The highest BCUT2D eigenvalue weighted by Gasteiger charge is 2.03. The van der Waals surface area contributed by atoms with Gasteiger partial charge in [-0.3, -0.25) is 9.59 Å². The molecule has 0 fully saturated rings. The number of alkyl halides is 1. The van der Waals surface area contributed by atoms with Crippen molar-refractivity contribution >= 4 is 23.4 Å².